The Kier molecular flexibility index (Phi) is 5.30. The number of esters is 1. The number of ether oxygens (including phenoxy) is 3. The van der Waals surface area contributed by atoms with E-state index in [2.05, 4.69) is 5.32 Å². The molecule has 0 spiro atoms. The zero-order valence-corrected chi connectivity index (χ0v) is 15.2. The number of benzene rings is 2. The van der Waals surface area contributed by atoms with Gasteiger partial charge in [0.05, 0.1) is 32.6 Å². The maximum atomic E-state index is 13.9. The Labute approximate surface area is 156 Å². The topological polar surface area (TPSA) is 73.9 Å². The first-order valence-electron chi connectivity index (χ1n) is 8.39. The van der Waals surface area contributed by atoms with E-state index in [9.17, 15) is 14.0 Å². The molecule has 1 fully saturated rings. The van der Waals surface area contributed by atoms with Crippen LogP contribution in [-0.2, 0) is 9.53 Å². The Morgan fingerprint density at radius 1 is 1.07 bits per heavy atom. The van der Waals surface area contributed by atoms with Crippen molar-refractivity contribution in [1.82, 2.24) is 0 Å². The van der Waals surface area contributed by atoms with E-state index in [1.54, 1.807) is 18.2 Å². The number of nitrogens with one attached hydrogen (secondary N) is 1. The Morgan fingerprint density at radius 3 is 2.37 bits per heavy atom. The molecule has 3 rings (SSSR count). The van der Waals surface area contributed by atoms with Crippen LogP contribution in [0.25, 0.3) is 0 Å². The molecule has 142 valence electrons. The van der Waals surface area contributed by atoms with Crippen molar-refractivity contribution in [2.45, 2.75) is 12.3 Å². The average Bonchev–Trinajstić information content (AvgIpc) is 3.48. The largest absolute Gasteiger partial charge is 0.493 e. The van der Waals surface area contributed by atoms with Crippen LogP contribution in [0.5, 0.6) is 11.5 Å². The smallest absolute Gasteiger partial charge is 0.340 e. The zero-order valence-electron chi connectivity index (χ0n) is 15.2. The van der Waals surface area contributed by atoms with E-state index in [0.29, 0.717) is 23.5 Å². The second-order valence-corrected chi connectivity index (χ2v) is 6.20. The molecule has 2 atom stereocenters. The van der Waals surface area contributed by atoms with Gasteiger partial charge in [0.15, 0.2) is 11.5 Å². The molecule has 0 radical (unpaired) electrons. The predicted octanol–water partition coefficient (Wildman–Crippen LogP) is 3.37. The molecule has 0 bridgehead atoms. The number of hydrogen-bond donors (Lipinski definition) is 1. The van der Waals surface area contributed by atoms with E-state index in [1.807, 2.05) is 0 Å². The maximum absolute atomic E-state index is 13.9. The van der Waals surface area contributed by atoms with Crippen LogP contribution in [0.4, 0.5) is 10.1 Å². The van der Waals surface area contributed by atoms with Crippen LogP contribution < -0.4 is 14.8 Å². The number of carbonyl (C=O) groups is 2. The van der Waals surface area contributed by atoms with Crippen LogP contribution >= 0.6 is 0 Å². The first-order chi connectivity index (χ1) is 13.0. The van der Waals surface area contributed by atoms with E-state index in [1.165, 1.54) is 39.5 Å². The fourth-order valence-corrected chi connectivity index (χ4v) is 3.09. The first-order valence-corrected chi connectivity index (χ1v) is 8.39. The van der Waals surface area contributed by atoms with Gasteiger partial charge in [-0.2, -0.15) is 0 Å². The fraction of sp³-hybridized carbons (Fsp3) is 0.300. The van der Waals surface area contributed by atoms with Gasteiger partial charge in [-0.05, 0) is 24.0 Å². The van der Waals surface area contributed by atoms with Gasteiger partial charge in [-0.25, -0.2) is 9.18 Å². The molecule has 0 aliphatic heterocycles. The monoisotopic (exact) mass is 373 g/mol. The third-order valence-electron chi connectivity index (χ3n) is 4.62. The molecular weight excluding hydrogens is 353 g/mol. The lowest BCUT2D eigenvalue weighted by atomic mass is 10.1. The number of anilines is 1. The molecular formula is C20H20FNO5. The molecule has 1 N–H and O–H groups in total. The highest BCUT2D eigenvalue weighted by molar-refractivity contribution is 6.03. The van der Waals surface area contributed by atoms with Crippen LogP contribution in [0.3, 0.4) is 0 Å². The van der Waals surface area contributed by atoms with E-state index in [4.69, 9.17) is 14.2 Å². The summed E-state index contributed by atoms with van der Waals surface area (Å²) in [6, 6.07) is 9.37. The van der Waals surface area contributed by atoms with Gasteiger partial charge in [0.25, 0.3) is 0 Å². The summed E-state index contributed by atoms with van der Waals surface area (Å²) >= 11 is 0. The summed E-state index contributed by atoms with van der Waals surface area (Å²) < 4.78 is 29.1. The molecule has 1 amide bonds. The summed E-state index contributed by atoms with van der Waals surface area (Å²) in [5.74, 6) is -1.06. The van der Waals surface area contributed by atoms with Crippen molar-refractivity contribution in [1.29, 1.82) is 0 Å². The molecule has 1 aliphatic carbocycles. The summed E-state index contributed by atoms with van der Waals surface area (Å²) in [6.07, 6.45) is 0.549. The van der Waals surface area contributed by atoms with Gasteiger partial charge in [0.2, 0.25) is 5.91 Å². The van der Waals surface area contributed by atoms with Gasteiger partial charge >= 0.3 is 5.97 Å². The van der Waals surface area contributed by atoms with E-state index < -0.39 is 5.97 Å². The lowest BCUT2D eigenvalue weighted by Crippen LogP contribution is -2.18. The van der Waals surface area contributed by atoms with Gasteiger partial charge < -0.3 is 19.5 Å². The molecule has 6 nitrogen and oxygen atoms in total. The van der Waals surface area contributed by atoms with Gasteiger partial charge in [-0.3, -0.25) is 4.79 Å². The minimum absolute atomic E-state index is 0.145. The third kappa shape index (κ3) is 3.72. The van der Waals surface area contributed by atoms with E-state index in [-0.39, 0.29) is 34.8 Å². The Balaban J connectivity index is 1.83. The highest BCUT2D eigenvalue weighted by Gasteiger charge is 2.45. The normalized spacial score (nSPS) is 17.8. The van der Waals surface area contributed by atoms with Gasteiger partial charge in [-0.15, -0.1) is 0 Å². The van der Waals surface area contributed by atoms with Crippen LogP contribution in [0.2, 0.25) is 0 Å². The SMILES string of the molecule is COC(=O)c1cc(OC)c(OC)cc1NC(=O)[C@@H]1C[C@H]1c1ccccc1F. The summed E-state index contributed by atoms with van der Waals surface area (Å²) in [5.41, 5.74) is 0.924. The van der Waals surface area contributed by atoms with Gasteiger partial charge in [-0.1, -0.05) is 18.2 Å². The number of carbonyl (C=O) groups excluding carboxylic acids is 2. The number of rotatable bonds is 6. The Bertz CT molecular complexity index is 883. The van der Waals surface area contributed by atoms with Crippen molar-refractivity contribution >= 4 is 17.6 Å². The predicted molar refractivity (Wildman–Crippen MR) is 96.8 cm³/mol. The molecule has 0 heterocycles. The molecule has 2 aromatic rings. The summed E-state index contributed by atoms with van der Waals surface area (Å²) in [4.78, 5) is 24.7. The van der Waals surface area contributed by atoms with Crippen LogP contribution in [0.1, 0.15) is 28.3 Å². The van der Waals surface area contributed by atoms with Crippen molar-refractivity contribution in [3.63, 3.8) is 0 Å². The molecule has 0 saturated heterocycles. The van der Waals surface area contributed by atoms with Crippen LogP contribution in [0.15, 0.2) is 36.4 Å². The molecule has 0 unspecified atom stereocenters. The van der Waals surface area contributed by atoms with Crippen molar-refractivity contribution < 1.29 is 28.2 Å². The number of hydrogen-bond acceptors (Lipinski definition) is 5. The molecule has 1 saturated carbocycles. The lowest BCUT2D eigenvalue weighted by Gasteiger charge is -2.14. The van der Waals surface area contributed by atoms with Crippen LogP contribution in [-0.4, -0.2) is 33.2 Å². The Morgan fingerprint density at radius 2 is 1.74 bits per heavy atom. The molecule has 0 aromatic heterocycles. The second-order valence-electron chi connectivity index (χ2n) is 6.20. The molecule has 1 aliphatic rings. The summed E-state index contributed by atoms with van der Waals surface area (Å²) in [7, 11) is 4.15. The highest BCUT2D eigenvalue weighted by Crippen LogP contribution is 2.49. The van der Waals surface area contributed by atoms with Crippen molar-refractivity contribution in [2.75, 3.05) is 26.6 Å². The molecule has 7 heteroatoms. The highest BCUT2D eigenvalue weighted by atomic mass is 19.1. The number of halogens is 1. The number of amides is 1. The fourth-order valence-electron chi connectivity index (χ4n) is 3.09. The minimum atomic E-state index is -0.618. The van der Waals surface area contributed by atoms with Crippen LogP contribution in [0, 0.1) is 11.7 Å². The van der Waals surface area contributed by atoms with Crippen molar-refractivity contribution in [3.05, 3.63) is 53.3 Å². The zero-order chi connectivity index (χ0) is 19.6. The van der Waals surface area contributed by atoms with Crippen molar-refractivity contribution in [2.24, 2.45) is 5.92 Å². The summed E-state index contributed by atoms with van der Waals surface area (Å²) in [6.45, 7) is 0. The third-order valence-corrected chi connectivity index (χ3v) is 4.62. The standard InChI is InChI=1S/C20H20FNO5/c1-25-17-9-14(20(24)27-3)16(10-18(17)26-2)22-19(23)13-8-12(13)11-6-4-5-7-15(11)21/h4-7,9-10,12-13H,8H2,1-3H3,(H,22,23)/t12-,13+/m0/s1. The first kappa shape index (κ1) is 18.7. The number of methoxy groups -OCH3 is 3. The summed E-state index contributed by atoms with van der Waals surface area (Å²) in [5, 5.41) is 2.74. The van der Waals surface area contributed by atoms with E-state index in [0.717, 1.165) is 0 Å². The van der Waals surface area contributed by atoms with E-state index >= 15 is 0 Å². The second kappa shape index (κ2) is 7.65. The Hall–Kier alpha value is -3.09. The lowest BCUT2D eigenvalue weighted by molar-refractivity contribution is -0.117. The van der Waals surface area contributed by atoms with Crippen molar-refractivity contribution in [3.8, 4) is 11.5 Å². The quantitative estimate of drug-likeness (QED) is 0.786. The average molecular weight is 373 g/mol. The van der Waals surface area contributed by atoms with Gasteiger partial charge in [0.1, 0.15) is 5.82 Å². The molecule has 2 aromatic carbocycles. The minimum Gasteiger partial charge on any atom is -0.493 e. The maximum Gasteiger partial charge on any atom is 0.340 e. The van der Waals surface area contributed by atoms with Gasteiger partial charge in [0, 0.05) is 18.1 Å². The molecule has 27 heavy (non-hydrogen) atoms.